The normalized spacial score (nSPS) is 18.7. The molecule has 0 spiro atoms. The van der Waals surface area contributed by atoms with Gasteiger partial charge in [-0.3, -0.25) is 9.48 Å². The molecule has 0 N–H and O–H groups in total. The maximum absolute atomic E-state index is 13.5. The van der Waals surface area contributed by atoms with E-state index in [-0.39, 0.29) is 18.5 Å². The van der Waals surface area contributed by atoms with Crippen molar-refractivity contribution in [1.82, 2.24) is 19.6 Å². The van der Waals surface area contributed by atoms with Gasteiger partial charge in [-0.15, -0.1) is 0 Å². The van der Waals surface area contributed by atoms with E-state index in [1.165, 1.54) is 0 Å². The smallest absolute Gasteiger partial charge is 0.410 e. The van der Waals surface area contributed by atoms with Crippen LogP contribution in [0.1, 0.15) is 45.6 Å². The molecule has 10 heteroatoms. The molecule has 0 bridgehead atoms. The van der Waals surface area contributed by atoms with Gasteiger partial charge in [0.15, 0.2) is 6.10 Å². The highest BCUT2D eigenvalue weighted by Gasteiger charge is 2.39. The Kier molecular flexibility index (Phi) is 7.88. The molecule has 2 amide bonds. The number of nitrogens with zero attached hydrogens (tertiary/aromatic N) is 4. The van der Waals surface area contributed by atoms with E-state index in [9.17, 15) is 9.59 Å². The molecule has 2 heterocycles. The molecular formula is C25H35ClN4O5. The van der Waals surface area contributed by atoms with E-state index < -0.39 is 17.8 Å². The minimum atomic E-state index is -0.712. The number of halogens is 1. The zero-order chi connectivity index (χ0) is 25.2. The van der Waals surface area contributed by atoms with E-state index >= 15 is 0 Å². The van der Waals surface area contributed by atoms with Crippen LogP contribution in [0.4, 0.5) is 4.79 Å². The van der Waals surface area contributed by atoms with E-state index in [1.807, 2.05) is 36.4 Å². The third-order valence-corrected chi connectivity index (χ3v) is 6.42. The maximum atomic E-state index is 13.5. The zero-order valence-corrected chi connectivity index (χ0v) is 21.7. The summed E-state index contributed by atoms with van der Waals surface area (Å²) in [6, 6.07) is 4.13. The molecule has 1 aromatic carbocycles. The Morgan fingerprint density at radius 2 is 2.06 bits per heavy atom. The van der Waals surface area contributed by atoms with E-state index in [0.717, 1.165) is 42.3 Å². The van der Waals surface area contributed by atoms with E-state index in [1.54, 1.807) is 18.2 Å². The van der Waals surface area contributed by atoms with Crippen molar-refractivity contribution in [1.29, 1.82) is 0 Å². The highest BCUT2D eigenvalue weighted by Crippen LogP contribution is 2.32. The van der Waals surface area contributed by atoms with Gasteiger partial charge in [0.05, 0.1) is 29.9 Å². The molecule has 35 heavy (non-hydrogen) atoms. The first-order chi connectivity index (χ1) is 16.7. The quantitative estimate of drug-likeness (QED) is 0.505. The Morgan fingerprint density at radius 3 is 2.74 bits per heavy atom. The number of carbonyl (C=O) groups excluding carboxylic acids is 2. The lowest BCUT2D eigenvalue weighted by molar-refractivity contribution is -0.150. The largest absolute Gasteiger partial charge is 0.444 e. The second-order valence-corrected chi connectivity index (χ2v) is 10.6. The van der Waals surface area contributed by atoms with Crippen LogP contribution in [0.2, 0.25) is 5.02 Å². The lowest BCUT2D eigenvalue weighted by Crippen LogP contribution is -2.53. The van der Waals surface area contributed by atoms with Gasteiger partial charge in [0, 0.05) is 44.8 Å². The molecule has 1 saturated heterocycles. The van der Waals surface area contributed by atoms with Crippen molar-refractivity contribution in [3.05, 3.63) is 28.9 Å². The fourth-order valence-corrected chi connectivity index (χ4v) is 4.55. The van der Waals surface area contributed by atoms with Gasteiger partial charge in [0.2, 0.25) is 0 Å². The maximum Gasteiger partial charge on any atom is 0.410 e. The molecule has 1 aromatic heterocycles. The molecule has 2 fully saturated rings. The van der Waals surface area contributed by atoms with Crippen molar-refractivity contribution in [3.63, 3.8) is 0 Å². The number of aryl methyl sites for hydroxylation is 1. The van der Waals surface area contributed by atoms with Crippen LogP contribution >= 0.6 is 11.6 Å². The number of amides is 2. The fraction of sp³-hybridized carbons (Fsp3) is 0.640. The molecule has 4 rings (SSSR count). The Bertz CT molecular complexity index is 1060. The van der Waals surface area contributed by atoms with Crippen molar-refractivity contribution in [2.24, 2.45) is 0 Å². The van der Waals surface area contributed by atoms with Crippen LogP contribution in [0.15, 0.2) is 18.3 Å². The van der Waals surface area contributed by atoms with Gasteiger partial charge in [-0.2, -0.15) is 5.10 Å². The predicted molar refractivity (Wildman–Crippen MR) is 132 cm³/mol. The number of fused-ring (bicyclic) bond motifs is 1. The number of methoxy groups -OCH3 is 1. The standard InChI is InChI=1S/C25H35ClN4O5/c1-25(2,3)35-24(32)28-9-11-34-22(16-28)23(31)29(18-6-7-18)15-17-12-20(26)19-14-27-30(21(19)13-17)8-5-10-33-4/h12-14,18,22H,5-11,15-16H2,1-4H3/t22-/m1/s1. The highest BCUT2D eigenvalue weighted by atomic mass is 35.5. The van der Waals surface area contributed by atoms with Crippen molar-refractivity contribution >= 4 is 34.5 Å². The fourth-order valence-electron chi connectivity index (χ4n) is 4.26. The van der Waals surface area contributed by atoms with Crippen LogP contribution in [0.3, 0.4) is 0 Å². The molecule has 0 unspecified atom stereocenters. The average molecular weight is 507 g/mol. The minimum absolute atomic E-state index is 0.106. The number of hydrogen-bond acceptors (Lipinski definition) is 6. The first kappa shape index (κ1) is 25.7. The van der Waals surface area contributed by atoms with Crippen LogP contribution in [0, 0.1) is 0 Å². The summed E-state index contributed by atoms with van der Waals surface area (Å²) < 4.78 is 18.4. The first-order valence-corrected chi connectivity index (χ1v) is 12.6. The van der Waals surface area contributed by atoms with Gasteiger partial charge in [-0.1, -0.05) is 11.6 Å². The number of aromatic nitrogens is 2. The molecule has 1 saturated carbocycles. The van der Waals surface area contributed by atoms with Crippen molar-refractivity contribution in [2.75, 3.05) is 33.4 Å². The molecular weight excluding hydrogens is 472 g/mol. The number of ether oxygens (including phenoxy) is 3. The summed E-state index contributed by atoms with van der Waals surface area (Å²) in [5.74, 6) is -0.106. The van der Waals surface area contributed by atoms with Gasteiger partial charge in [0.1, 0.15) is 5.60 Å². The molecule has 1 aliphatic carbocycles. The summed E-state index contributed by atoms with van der Waals surface area (Å²) in [5, 5.41) is 5.99. The number of hydrogen-bond donors (Lipinski definition) is 0. The second-order valence-electron chi connectivity index (χ2n) is 10.2. The van der Waals surface area contributed by atoms with E-state index in [4.69, 9.17) is 25.8 Å². The summed E-state index contributed by atoms with van der Waals surface area (Å²) in [5.41, 5.74) is 1.29. The third kappa shape index (κ3) is 6.45. The van der Waals surface area contributed by atoms with Crippen LogP contribution < -0.4 is 0 Å². The van der Waals surface area contributed by atoms with Gasteiger partial charge in [-0.25, -0.2) is 4.79 Å². The Morgan fingerprint density at radius 1 is 1.29 bits per heavy atom. The van der Waals surface area contributed by atoms with Crippen molar-refractivity contribution in [3.8, 4) is 0 Å². The predicted octanol–water partition coefficient (Wildman–Crippen LogP) is 3.85. The third-order valence-electron chi connectivity index (χ3n) is 6.11. The lowest BCUT2D eigenvalue weighted by Gasteiger charge is -2.36. The zero-order valence-electron chi connectivity index (χ0n) is 21.0. The van der Waals surface area contributed by atoms with Crippen LogP contribution in [0.25, 0.3) is 10.9 Å². The lowest BCUT2D eigenvalue weighted by atomic mass is 10.1. The summed E-state index contributed by atoms with van der Waals surface area (Å²) >= 11 is 6.59. The highest BCUT2D eigenvalue weighted by molar-refractivity contribution is 6.35. The van der Waals surface area contributed by atoms with Crippen LogP contribution in [-0.2, 0) is 32.1 Å². The molecule has 9 nitrogen and oxygen atoms in total. The summed E-state index contributed by atoms with van der Waals surface area (Å²) in [6.07, 6.45) is 3.40. The molecule has 0 radical (unpaired) electrons. The minimum Gasteiger partial charge on any atom is -0.444 e. The van der Waals surface area contributed by atoms with Gasteiger partial charge in [-0.05, 0) is 57.7 Å². The Labute approximate surface area is 211 Å². The number of morpholine rings is 1. The number of rotatable bonds is 8. The van der Waals surface area contributed by atoms with Crippen molar-refractivity contribution < 1.29 is 23.8 Å². The SMILES string of the molecule is COCCCn1ncc2c(Cl)cc(CN(C(=O)[C@H]3CN(C(=O)OC(C)(C)C)CCO3)C3CC3)cc21. The molecule has 1 atom stereocenters. The Hall–Kier alpha value is -2.36. The molecule has 192 valence electrons. The van der Waals surface area contributed by atoms with E-state index in [0.29, 0.717) is 31.3 Å². The number of benzene rings is 1. The molecule has 2 aliphatic rings. The Balaban J connectivity index is 1.49. The topological polar surface area (TPSA) is 86.1 Å². The van der Waals surface area contributed by atoms with Crippen LogP contribution in [-0.4, -0.2) is 82.7 Å². The van der Waals surface area contributed by atoms with Crippen molar-refractivity contribution in [2.45, 2.75) is 70.9 Å². The first-order valence-electron chi connectivity index (χ1n) is 12.2. The molecule has 1 aliphatic heterocycles. The van der Waals surface area contributed by atoms with Gasteiger partial charge in [0.25, 0.3) is 5.91 Å². The summed E-state index contributed by atoms with van der Waals surface area (Å²) in [4.78, 5) is 29.5. The van der Waals surface area contributed by atoms with Gasteiger partial charge < -0.3 is 24.0 Å². The summed E-state index contributed by atoms with van der Waals surface area (Å²) in [7, 11) is 1.68. The number of carbonyl (C=O) groups is 2. The summed E-state index contributed by atoms with van der Waals surface area (Å²) in [6.45, 7) is 8.17. The molecule has 2 aromatic rings. The van der Waals surface area contributed by atoms with Gasteiger partial charge >= 0.3 is 6.09 Å². The average Bonchev–Trinajstić information content (AvgIpc) is 3.57. The van der Waals surface area contributed by atoms with Crippen LogP contribution in [0.5, 0.6) is 0 Å². The second kappa shape index (κ2) is 10.7. The monoisotopic (exact) mass is 506 g/mol. The van der Waals surface area contributed by atoms with E-state index in [2.05, 4.69) is 11.2 Å².